The molecule has 1 amide bonds. The summed E-state index contributed by atoms with van der Waals surface area (Å²) in [4.78, 5) is 30.6. The van der Waals surface area contributed by atoms with Crippen LogP contribution in [0.4, 0.5) is 5.82 Å². The minimum atomic E-state index is -0.248. The smallest absolute Gasteiger partial charge is 0.270 e. The van der Waals surface area contributed by atoms with Gasteiger partial charge in [0.1, 0.15) is 21.8 Å². The van der Waals surface area contributed by atoms with E-state index in [0.29, 0.717) is 27.3 Å². The SMILES string of the molecule is CCCn1c(N2CCC(C)CC2)c(C=C2SC(=S)N(C(C)C)C2=O)c(C)c(C#N)c1=O. The van der Waals surface area contributed by atoms with E-state index in [1.165, 1.54) is 11.8 Å². The van der Waals surface area contributed by atoms with Crippen molar-refractivity contribution in [2.45, 2.75) is 66.5 Å². The number of thiocarbonyl (C=S) groups is 1. The van der Waals surface area contributed by atoms with Crippen molar-refractivity contribution in [3.8, 4) is 6.07 Å². The Morgan fingerprint density at radius 2 is 1.94 bits per heavy atom. The fourth-order valence-electron chi connectivity index (χ4n) is 4.19. The standard InChI is InChI=1S/C23H30N4O2S2/c1-6-9-26-20(25-10-7-15(4)8-11-25)17(16(5)18(13-24)21(26)28)12-19-22(29)27(14(2)3)23(30)31-19/h12,14-15H,6-11H2,1-5H3. The summed E-state index contributed by atoms with van der Waals surface area (Å²) in [7, 11) is 0. The summed E-state index contributed by atoms with van der Waals surface area (Å²) < 4.78 is 2.27. The first-order valence-corrected chi connectivity index (χ1v) is 12.1. The number of piperidine rings is 1. The van der Waals surface area contributed by atoms with Crippen molar-refractivity contribution >= 4 is 46.1 Å². The number of aromatic nitrogens is 1. The fourth-order valence-corrected chi connectivity index (χ4v) is 5.70. The van der Waals surface area contributed by atoms with Gasteiger partial charge in [0, 0.05) is 31.2 Å². The molecule has 0 bridgehead atoms. The van der Waals surface area contributed by atoms with Crippen LogP contribution in [0.15, 0.2) is 9.70 Å². The second kappa shape index (κ2) is 9.58. The largest absolute Gasteiger partial charge is 0.357 e. The molecule has 166 valence electrons. The molecule has 2 fully saturated rings. The summed E-state index contributed by atoms with van der Waals surface area (Å²) in [5, 5.41) is 9.72. The number of pyridine rings is 1. The van der Waals surface area contributed by atoms with E-state index in [1.54, 1.807) is 16.4 Å². The van der Waals surface area contributed by atoms with Gasteiger partial charge in [-0.1, -0.05) is 37.8 Å². The lowest BCUT2D eigenvalue weighted by molar-refractivity contribution is -0.123. The Bertz CT molecular complexity index is 1030. The van der Waals surface area contributed by atoms with E-state index in [0.717, 1.165) is 43.7 Å². The van der Waals surface area contributed by atoms with Crippen LogP contribution in [0.2, 0.25) is 0 Å². The van der Waals surface area contributed by atoms with E-state index >= 15 is 0 Å². The lowest BCUT2D eigenvalue weighted by atomic mass is 9.97. The summed E-state index contributed by atoms with van der Waals surface area (Å²) >= 11 is 6.72. The van der Waals surface area contributed by atoms with Crippen LogP contribution in [-0.2, 0) is 11.3 Å². The number of hydrogen-bond donors (Lipinski definition) is 0. The van der Waals surface area contributed by atoms with E-state index in [2.05, 4.69) is 17.9 Å². The van der Waals surface area contributed by atoms with Crippen LogP contribution in [0.1, 0.15) is 63.6 Å². The number of nitrogens with zero attached hydrogens (tertiary/aromatic N) is 4. The molecule has 0 spiro atoms. The lowest BCUT2D eigenvalue weighted by Gasteiger charge is -2.35. The molecule has 0 radical (unpaired) electrons. The Kier molecular flexibility index (Phi) is 7.28. The Hall–Kier alpha value is -2.11. The van der Waals surface area contributed by atoms with Crippen LogP contribution in [-0.4, -0.2) is 38.8 Å². The van der Waals surface area contributed by atoms with Crippen LogP contribution in [0.3, 0.4) is 0 Å². The van der Waals surface area contributed by atoms with Gasteiger partial charge >= 0.3 is 0 Å². The molecule has 1 aromatic heterocycles. The highest BCUT2D eigenvalue weighted by Gasteiger charge is 2.35. The van der Waals surface area contributed by atoms with Gasteiger partial charge in [-0.3, -0.25) is 19.1 Å². The summed E-state index contributed by atoms with van der Waals surface area (Å²) in [5.41, 5.74) is 1.31. The van der Waals surface area contributed by atoms with Crippen molar-refractivity contribution < 1.29 is 4.79 Å². The Labute approximate surface area is 193 Å². The van der Waals surface area contributed by atoms with Gasteiger partial charge in [-0.05, 0) is 57.6 Å². The molecule has 0 unspecified atom stereocenters. The van der Waals surface area contributed by atoms with Crippen molar-refractivity contribution in [3.63, 3.8) is 0 Å². The van der Waals surface area contributed by atoms with Gasteiger partial charge in [0.05, 0.1) is 4.91 Å². The number of amides is 1. The Morgan fingerprint density at radius 1 is 1.29 bits per heavy atom. The van der Waals surface area contributed by atoms with Crippen molar-refractivity contribution in [2.24, 2.45) is 5.92 Å². The van der Waals surface area contributed by atoms with Crippen molar-refractivity contribution in [3.05, 3.63) is 31.9 Å². The Balaban J connectivity index is 2.24. The number of anilines is 1. The third-order valence-corrected chi connectivity index (χ3v) is 7.32. The lowest BCUT2D eigenvalue weighted by Crippen LogP contribution is -2.39. The quantitative estimate of drug-likeness (QED) is 0.484. The van der Waals surface area contributed by atoms with Crippen LogP contribution in [0, 0.1) is 24.2 Å². The highest BCUT2D eigenvalue weighted by molar-refractivity contribution is 8.26. The van der Waals surface area contributed by atoms with Gasteiger partial charge < -0.3 is 4.90 Å². The monoisotopic (exact) mass is 458 g/mol. The molecule has 0 aromatic carbocycles. The molecule has 0 atom stereocenters. The molecule has 2 aliphatic rings. The van der Waals surface area contributed by atoms with E-state index in [4.69, 9.17) is 12.2 Å². The van der Waals surface area contributed by atoms with E-state index in [9.17, 15) is 14.9 Å². The van der Waals surface area contributed by atoms with Gasteiger partial charge in [0.15, 0.2) is 0 Å². The number of nitriles is 1. The van der Waals surface area contributed by atoms with Crippen molar-refractivity contribution in [1.82, 2.24) is 9.47 Å². The highest BCUT2D eigenvalue weighted by atomic mass is 32.2. The molecular weight excluding hydrogens is 428 g/mol. The zero-order valence-electron chi connectivity index (χ0n) is 18.9. The van der Waals surface area contributed by atoms with Gasteiger partial charge in [-0.25, -0.2) is 0 Å². The minimum Gasteiger partial charge on any atom is -0.357 e. The fraction of sp³-hybridized carbons (Fsp3) is 0.565. The van der Waals surface area contributed by atoms with Gasteiger partial charge in [0.2, 0.25) is 0 Å². The minimum absolute atomic E-state index is 0.0220. The maximum Gasteiger partial charge on any atom is 0.270 e. The van der Waals surface area contributed by atoms with Gasteiger partial charge in [-0.2, -0.15) is 5.26 Å². The second-order valence-electron chi connectivity index (χ2n) is 8.62. The maximum absolute atomic E-state index is 13.2. The summed E-state index contributed by atoms with van der Waals surface area (Å²) in [6.07, 6.45) is 4.72. The zero-order chi connectivity index (χ0) is 22.9. The Morgan fingerprint density at radius 3 is 2.45 bits per heavy atom. The molecular formula is C23H30N4O2S2. The van der Waals surface area contributed by atoms with Gasteiger partial charge in [-0.15, -0.1) is 0 Å². The summed E-state index contributed by atoms with van der Waals surface area (Å²) in [6, 6.07) is 2.08. The second-order valence-corrected chi connectivity index (χ2v) is 10.3. The topological polar surface area (TPSA) is 69.3 Å². The van der Waals surface area contributed by atoms with E-state index < -0.39 is 0 Å². The van der Waals surface area contributed by atoms with Crippen LogP contribution in [0.25, 0.3) is 6.08 Å². The zero-order valence-corrected chi connectivity index (χ0v) is 20.5. The maximum atomic E-state index is 13.2. The molecule has 0 saturated carbocycles. The molecule has 3 heterocycles. The van der Waals surface area contributed by atoms with Crippen molar-refractivity contribution in [1.29, 1.82) is 5.26 Å². The molecule has 0 aliphatic carbocycles. The predicted molar refractivity (Wildman–Crippen MR) is 131 cm³/mol. The highest BCUT2D eigenvalue weighted by Crippen LogP contribution is 2.37. The third-order valence-electron chi connectivity index (χ3n) is 5.99. The number of carbonyl (C=O) groups is 1. The van der Waals surface area contributed by atoms with E-state index in [1.807, 2.05) is 26.8 Å². The van der Waals surface area contributed by atoms with Crippen LogP contribution in [0.5, 0.6) is 0 Å². The predicted octanol–water partition coefficient (Wildman–Crippen LogP) is 4.28. The summed E-state index contributed by atoms with van der Waals surface area (Å²) in [6.45, 7) is 12.2. The molecule has 3 rings (SSSR count). The average Bonchev–Trinajstić information content (AvgIpc) is 3.00. The molecule has 2 saturated heterocycles. The summed E-state index contributed by atoms with van der Waals surface area (Å²) in [5.74, 6) is 1.35. The van der Waals surface area contributed by atoms with E-state index in [-0.39, 0.29) is 23.1 Å². The number of rotatable bonds is 5. The number of thioether (sulfide) groups is 1. The third kappa shape index (κ3) is 4.44. The van der Waals surface area contributed by atoms with Crippen LogP contribution < -0.4 is 10.5 Å². The number of carbonyl (C=O) groups excluding carboxylic acids is 1. The van der Waals surface area contributed by atoms with Crippen molar-refractivity contribution in [2.75, 3.05) is 18.0 Å². The molecule has 8 heteroatoms. The molecule has 0 N–H and O–H groups in total. The molecule has 31 heavy (non-hydrogen) atoms. The number of hydrogen-bond acceptors (Lipinski definition) is 6. The first-order valence-electron chi connectivity index (χ1n) is 10.9. The first kappa shape index (κ1) is 23.6. The normalized spacial score (nSPS) is 19.1. The average molecular weight is 459 g/mol. The van der Waals surface area contributed by atoms with Gasteiger partial charge in [0.25, 0.3) is 11.5 Å². The molecule has 1 aromatic rings. The molecule has 6 nitrogen and oxygen atoms in total. The molecule has 2 aliphatic heterocycles. The van der Waals surface area contributed by atoms with Crippen LogP contribution >= 0.6 is 24.0 Å². The first-order chi connectivity index (χ1) is 14.7.